The molecular formula is C24H31N3O6S. The molecule has 0 saturated carbocycles. The van der Waals surface area contributed by atoms with Crippen LogP contribution in [0.25, 0.3) is 0 Å². The number of hydrogen-bond acceptors (Lipinski definition) is 7. The molecule has 1 amide bonds. The van der Waals surface area contributed by atoms with Crippen molar-refractivity contribution in [3.05, 3.63) is 42.5 Å². The van der Waals surface area contributed by atoms with E-state index in [1.165, 1.54) is 12.1 Å². The number of amides is 1. The van der Waals surface area contributed by atoms with E-state index in [4.69, 9.17) is 14.2 Å². The summed E-state index contributed by atoms with van der Waals surface area (Å²) in [5.74, 6) is 1.71. The highest BCUT2D eigenvalue weighted by molar-refractivity contribution is 7.89. The zero-order valence-electron chi connectivity index (χ0n) is 19.4. The number of methoxy groups -OCH3 is 1. The van der Waals surface area contributed by atoms with Gasteiger partial charge in [0.1, 0.15) is 5.75 Å². The van der Waals surface area contributed by atoms with Crippen LogP contribution in [0.2, 0.25) is 0 Å². The minimum atomic E-state index is -3.76. The summed E-state index contributed by atoms with van der Waals surface area (Å²) < 4.78 is 44.3. The Hall–Kier alpha value is -2.98. The van der Waals surface area contributed by atoms with Crippen molar-refractivity contribution in [1.82, 2.24) is 9.62 Å². The van der Waals surface area contributed by atoms with Crippen LogP contribution in [-0.4, -0.2) is 72.3 Å². The maximum Gasteiger partial charge on any atom is 0.240 e. The maximum atomic E-state index is 12.7. The molecule has 184 valence electrons. The lowest BCUT2D eigenvalue weighted by molar-refractivity contribution is -0.130. The largest absolute Gasteiger partial charge is 0.497 e. The number of ether oxygens (including phenoxy) is 3. The van der Waals surface area contributed by atoms with Crippen molar-refractivity contribution >= 4 is 21.6 Å². The number of carbonyl (C=O) groups excluding carboxylic acids is 1. The van der Waals surface area contributed by atoms with E-state index in [2.05, 4.69) is 9.62 Å². The molecule has 10 heteroatoms. The molecule has 0 bridgehead atoms. The first kappa shape index (κ1) is 24.2. The Balaban J connectivity index is 1.28. The molecule has 1 saturated heterocycles. The van der Waals surface area contributed by atoms with Gasteiger partial charge in [-0.05, 0) is 42.8 Å². The van der Waals surface area contributed by atoms with Crippen LogP contribution in [0, 0.1) is 0 Å². The number of benzene rings is 2. The summed E-state index contributed by atoms with van der Waals surface area (Å²) in [6.07, 6.45) is 1.69. The lowest BCUT2D eigenvalue weighted by atomic mass is 10.2. The van der Waals surface area contributed by atoms with Crippen molar-refractivity contribution in [2.24, 2.45) is 0 Å². The van der Waals surface area contributed by atoms with Crippen LogP contribution in [0.1, 0.15) is 19.3 Å². The normalized spacial score (nSPS) is 16.5. The van der Waals surface area contributed by atoms with Crippen LogP contribution in [0.3, 0.4) is 0 Å². The highest BCUT2D eigenvalue weighted by Crippen LogP contribution is 2.31. The second-order valence-electron chi connectivity index (χ2n) is 8.23. The van der Waals surface area contributed by atoms with Gasteiger partial charge in [0.2, 0.25) is 15.9 Å². The maximum absolute atomic E-state index is 12.7. The molecule has 4 rings (SSSR count). The molecule has 2 aliphatic heterocycles. The van der Waals surface area contributed by atoms with Crippen molar-refractivity contribution in [3.8, 4) is 17.2 Å². The van der Waals surface area contributed by atoms with E-state index in [0.717, 1.165) is 37.4 Å². The fraction of sp³-hybridized carbons (Fsp3) is 0.458. The first-order chi connectivity index (χ1) is 16.5. The van der Waals surface area contributed by atoms with Gasteiger partial charge in [-0.2, -0.15) is 0 Å². The Morgan fingerprint density at radius 1 is 0.971 bits per heavy atom. The Labute approximate surface area is 200 Å². The minimum absolute atomic E-state index is 0.0360. The van der Waals surface area contributed by atoms with Crippen LogP contribution >= 0.6 is 0 Å². The van der Waals surface area contributed by atoms with Crippen molar-refractivity contribution in [3.63, 3.8) is 0 Å². The van der Waals surface area contributed by atoms with Crippen LogP contribution in [0.4, 0.5) is 5.69 Å². The number of rotatable bonds is 7. The lowest BCUT2D eigenvalue weighted by Crippen LogP contribution is -2.37. The predicted octanol–water partition coefficient (Wildman–Crippen LogP) is 2.26. The van der Waals surface area contributed by atoms with Gasteiger partial charge in [-0.15, -0.1) is 0 Å². The van der Waals surface area contributed by atoms with Gasteiger partial charge < -0.3 is 24.0 Å². The van der Waals surface area contributed by atoms with E-state index in [9.17, 15) is 13.2 Å². The number of sulfonamides is 1. The molecule has 2 aliphatic rings. The molecule has 0 spiro atoms. The number of nitrogens with one attached hydrogen (secondary N) is 1. The molecule has 34 heavy (non-hydrogen) atoms. The van der Waals surface area contributed by atoms with E-state index >= 15 is 0 Å². The molecule has 0 aromatic heterocycles. The molecule has 2 heterocycles. The van der Waals surface area contributed by atoms with Crippen LogP contribution in [0.15, 0.2) is 47.4 Å². The molecule has 0 atom stereocenters. The van der Waals surface area contributed by atoms with Crippen LogP contribution in [-0.2, 0) is 14.8 Å². The number of hydrogen-bond donors (Lipinski definition) is 1. The summed E-state index contributed by atoms with van der Waals surface area (Å²) in [4.78, 5) is 16.9. The fourth-order valence-corrected chi connectivity index (χ4v) is 5.11. The Morgan fingerprint density at radius 3 is 2.50 bits per heavy atom. The third kappa shape index (κ3) is 5.92. The van der Waals surface area contributed by atoms with Gasteiger partial charge >= 0.3 is 0 Å². The molecular weight excluding hydrogens is 458 g/mol. The summed E-state index contributed by atoms with van der Waals surface area (Å²) in [7, 11) is -2.12. The number of fused-ring (bicyclic) bond motifs is 1. The molecule has 9 nitrogen and oxygen atoms in total. The molecule has 2 aromatic rings. The van der Waals surface area contributed by atoms with Gasteiger partial charge in [0.25, 0.3) is 0 Å². The molecule has 1 N–H and O–H groups in total. The van der Waals surface area contributed by atoms with Crippen molar-refractivity contribution in [2.75, 3.05) is 57.9 Å². The van der Waals surface area contributed by atoms with Gasteiger partial charge in [0.05, 0.1) is 25.2 Å². The monoisotopic (exact) mass is 489 g/mol. The average molecular weight is 490 g/mol. The predicted molar refractivity (Wildman–Crippen MR) is 128 cm³/mol. The van der Waals surface area contributed by atoms with E-state index in [0.29, 0.717) is 37.8 Å². The Bertz CT molecular complexity index is 1090. The smallest absolute Gasteiger partial charge is 0.240 e. The first-order valence-electron chi connectivity index (χ1n) is 11.5. The van der Waals surface area contributed by atoms with Gasteiger partial charge in [-0.3, -0.25) is 4.79 Å². The topological polar surface area (TPSA) is 97.4 Å². The number of anilines is 1. The van der Waals surface area contributed by atoms with E-state index in [1.54, 1.807) is 13.2 Å². The summed E-state index contributed by atoms with van der Waals surface area (Å²) in [5, 5.41) is 0. The third-order valence-corrected chi connectivity index (χ3v) is 7.41. The minimum Gasteiger partial charge on any atom is -0.497 e. The van der Waals surface area contributed by atoms with Crippen molar-refractivity contribution < 1.29 is 27.4 Å². The van der Waals surface area contributed by atoms with E-state index in [1.807, 2.05) is 29.2 Å². The van der Waals surface area contributed by atoms with Gasteiger partial charge in [0, 0.05) is 57.3 Å². The summed E-state index contributed by atoms with van der Waals surface area (Å²) in [5.41, 5.74) is 1.10. The molecule has 1 fully saturated rings. The standard InChI is InChI=1S/C24H31N3O6S/c1-31-20-6-4-19(5-7-20)26-12-2-13-27(15-14-26)24(28)10-11-25-34(29,30)21-8-9-22-23(18-21)33-17-3-16-32-22/h4-9,18,25H,2-3,10-17H2,1H3. The van der Waals surface area contributed by atoms with E-state index in [-0.39, 0.29) is 23.8 Å². The summed E-state index contributed by atoms with van der Waals surface area (Å²) in [6, 6.07) is 12.5. The van der Waals surface area contributed by atoms with Crippen LogP contribution < -0.4 is 23.8 Å². The van der Waals surface area contributed by atoms with Crippen molar-refractivity contribution in [1.29, 1.82) is 0 Å². The molecule has 0 unspecified atom stereocenters. The molecule has 2 aromatic carbocycles. The number of carbonyl (C=O) groups is 1. The third-order valence-electron chi connectivity index (χ3n) is 5.95. The summed E-state index contributed by atoms with van der Waals surface area (Å²) in [6.45, 7) is 3.88. The van der Waals surface area contributed by atoms with Crippen LogP contribution in [0.5, 0.6) is 17.2 Å². The van der Waals surface area contributed by atoms with Gasteiger partial charge in [0.15, 0.2) is 11.5 Å². The average Bonchev–Trinajstić information content (AvgIpc) is 3.24. The quantitative estimate of drug-likeness (QED) is 0.637. The molecule has 0 aliphatic carbocycles. The second kappa shape index (κ2) is 11.0. The van der Waals surface area contributed by atoms with Gasteiger partial charge in [-0.25, -0.2) is 13.1 Å². The number of nitrogens with zero attached hydrogens (tertiary/aromatic N) is 2. The Morgan fingerprint density at radius 2 is 1.74 bits per heavy atom. The SMILES string of the molecule is COc1ccc(N2CCCN(C(=O)CCNS(=O)(=O)c3ccc4c(c3)OCCCO4)CC2)cc1. The summed E-state index contributed by atoms with van der Waals surface area (Å²) >= 11 is 0. The fourth-order valence-electron chi connectivity index (χ4n) is 4.06. The van der Waals surface area contributed by atoms with Crippen molar-refractivity contribution in [2.45, 2.75) is 24.2 Å². The lowest BCUT2D eigenvalue weighted by Gasteiger charge is -2.24. The Kier molecular flexibility index (Phi) is 7.79. The van der Waals surface area contributed by atoms with Gasteiger partial charge in [-0.1, -0.05) is 0 Å². The van der Waals surface area contributed by atoms with E-state index < -0.39 is 10.0 Å². The highest BCUT2D eigenvalue weighted by Gasteiger charge is 2.22. The highest BCUT2D eigenvalue weighted by atomic mass is 32.2. The first-order valence-corrected chi connectivity index (χ1v) is 13.0. The second-order valence-corrected chi connectivity index (χ2v) is 9.99. The zero-order valence-corrected chi connectivity index (χ0v) is 20.2. The zero-order chi connectivity index (χ0) is 24.0. The molecule has 0 radical (unpaired) electrons.